The molecule has 24 heavy (non-hydrogen) atoms. The van der Waals surface area contributed by atoms with Crippen molar-refractivity contribution < 1.29 is 0 Å². The lowest BCUT2D eigenvalue weighted by Crippen LogP contribution is -2.40. The first-order valence-corrected chi connectivity index (χ1v) is 10.1. The second-order valence-electron chi connectivity index (χ2n) is 7.44. The molecule has 124 valence electrons. The number of hydrogen-bond acceptors (Lipinski definition) is 3. The quantitative estimate of drug-likeness (QED) is 0.677. The van der Waals surface area contributed by atoms with Crippen molar-refractivity contribution in [1.82, 2.24) is 9.55 Å². The predicted octanol–water partition coefficient (Wildman–Crippen LogP) is 4.16. The lowest BCUT2D eigenvalue weighted by atomic mass is 9.62. The molecule has 1 aromatic heterocycles. The van der Waals surface area contributed by atoms with Gasteiger partial charge >= 0.3 is 0 Å². The topological polar surface area (TPSA) is 34.9 Å². The van der Waals surface area contributed by atoms with Gasteiger partial charge in [-0.2, -0.15) is 0 Å². The molecule has 2 heterocycles. The summed E-state index contributed by atoms with van der Waals surface area (Å²) in [5.74, 6) is 1.07. The van der Waals surface area contributed by atoms with Gasteiger partial charge in [0.25, 0.3) is 5.56 Å². The van der Waals surface area contributed by atoms with Crippen LogP contribution >= 0.6 is 11.8 Å². The lowest BCUT2D eigenvalue weighted by Gasteiger charge is -2.42. The molecule has 3 nitrogen and oxygen atoms in total. The van der Waals surface area contributed by atoms with Crippen LogP contribution in [0.3, 0.4) is 0 Å². The van der Waals surface area contributed by atoms with Gasteiger partial charge in [0.2, 0.25) is 0 Å². The maximum Gasteiger partial charge on any atom is 0.257 e. The molecule has 0 bridgehead atoms. The average molecular weight is 338 g/mol. The molecular formula is C20H22N2OS. The molecular weight excluding hydrogens is 316 g/mol. The summed E-state index contributed by atoms with van der Waals surface area (Å²) in [5.41, 5.74) is 4.98. The first-order valence-electron chi connectivity index (χ1n) is 9.15. The Labute approximate surface area is 146 Å². The van der Waals surface area contributed by atoms with E-state index in [4.69, 9.17) is 4.98 Å². The zero-order valence-corrected chi connectivity index (χ0v) is 14.7. The largest absolute Gasteiger partial charge is 0.287 e. The van der Waals surface area contributed by atoms with Crippen molar-refractivity contribution in [1.29, 1.82) is 0 Å². The molecule has 5 rings (SSSR count). The summed E-state index contributed by atoms with van der Waals surface area (Å²) in [6.45, 7) is 0.829. The van der Waals surface area contributed by atoms with Crippen LogP contribution in [0.4, 0.5) is 0 Å². The molecule has 0 N–H and O–H groups in total. The highest BCUT2D eigenvalue weighted by molar-refractivity contribution is 7.99. The number of rotatable bonds is 0. The maximum absolute atomic E-state index is 13.2. The monoisotopic (exact) mass is 338 g/mol. The summed E-state index contributed by atoms with van der Waals surface area (Å²) in [4.78, 5) is 18.2. The van der Waals surface area contributed by atoms with E-state index in [-0.39, 0.29) is 11.0 Å². The van der Waals surface area contributed by atoms with E-state index >= 15 is 0 Å². The minimum Gasteiger partial charge on any atom is -0.287 e. The standard InChI is InChI=1S/C20H22N2OS/c23-18-15-13-20(9-4-1-5-10-20)16-8-3-2-7-14(16)17(15)21-19-22(18)11-6-12-24-19/h2-3,7-8H,1,4-6,9-13H2. The summed E-state index contributed by atoms with van der Waals surface area (Å²) < 4.78 is 1.93. The van der Waals surface area contributed by atoms with Gasteiger partial charge in [0.15, 0.2) is 5.16 Å². The average Bonchev–Trinajstić information content (AvgIpc) is 2.64. The number of aromatic nitrogens is 2. The molecule has 0 saturated heterocycles. The summed E-state index contributed by atoms with van der Waals surface area (Å²) in [6, 6.07) is 8.71. The molecule has 0 amide bonds. The van der Waals surface area contributed by atoms with Gasteiger partial charge in [0.05, 0.1) is 5.69 Å². The zero-order valence-electron chi connectivity index (χ0n) is 13.9. The summed E-state index contributed by atoms with van der Waals surface area (Å²) >= 11 is 1.73. The smallest absolute Gasteiger partial charge is 0.257 e. The molecule has 1 saturated carbocycles. The molecule has 2 aliphatic carbocycles. The first-order chi connectivity index (χ1) is 11.8. The highest BCUT2D eigenvalue weighted by atomic mass is 32.2. The number of thioether (sulfide) groups is 1. The Morgan fingerprint density at radius 2 is 1.92 bits per heavy atom. The molecule has 1 aromatic carbocycles. The number of hydrogen-bond donors (Lipinski definition) is 0. The number of nitrogens with zero attached hydrogens (tertiary/aromatic N) is 2. The second kappa shape index (κ2) is 5.48. The van der Waals surface area contributed by atoms with Crippen molar-refractivity contribution in [3.05, 3.63) is 45.7 Å². The Balaban J connectivity index is 1.78. The number of benzene rings is 1. The molecule has 0 radical (unpaired) electrons. The van der Waals surface area contributed by atoms with Gasteiger partial charge < -0.3 is 0 Å². The van der Waals surface area contributed by atoms with Crippen molar-refractivity contribution in [2.45, 2.75) is 62.1 Å². The fourth-order valence-electron chi connectivity index (χ4n) is 4.91. The van der Waals surface area contributed by atoms with Crippen LogP contribution in [0.5, 0.6) is 0 Å². The molecule has 4 heteroatoms. The summed E-state index contributed by atoms with van der Waals surface area (Å²) in [5, 5.41) is 0.916. The van der Waals surface area contributed by atoms with E-state index in [9.17, 15) is 4.79 Å². The van der Waals surface area contributed by atoms with Crippen LogP contribution in [-0.2, 0) is 18.4 Å². The van der Waals surface area contributed by atoms with Crippen LogP contribution in [0, 0.1) is 0 Å². The van der Waals surface area contributed by atoms with E-state index in [0.717, 1.165) is 41.6 Å². The van der Waals surface area contributed by atoms with Crippen molar-refractivity contribution in [3.63, 3.8) is 0 Å². The van der Waals surface area contributed by atoms with Gasteiger partial charge in [-0.05, 0) is 31.2 Å². The van der Waals surface area contributed by atoms with Crippen LogP contribution in [0.1, 0.15) is 49.7 Å². The Hall–Kier alpha value is -1.55. The van der Waals surface area contributed by atoms with E-state index in [1.54, 1.807) is 11.8 Å². The third-order valence-electron chi connectivity index (χ3n) is 6.06. The lowest BCUT2D eigenvalue weighted by molar-refractivity contribution is 0.286. The van der Waals surface area contributed by atoms with Crippen molar-refractivity contribution >= 4 is 11.8 Å². The van der Waals surface area contributed by atoms with E-state index < -0.39 is 0 Å². The van der Waals surface area contributed by atoms with Gasteiger partial charge in [-0.1, -0.05) is 55.3 Å². The van der Waals surface area contributed by atoms with Crippen LogP contribution in [0.25, 0.3) is 11.3 Å². The van der Waals surface area contributed by atoms with Crippen LogP contribution in [0.2, 0.25) is 0 Å². The Morgan fingerprint density at radius 1 is 1.08 bits per heavy atom. The summed E-state index contributed by atoms with van der Waals surface area (Å²) in [6.07, 6.45) is 8.25. The Morgan fingerprint density at radius 3 is 2.79 bits per heavy atom. The third-order valence-corrected chi connectivity index (χ3v) is 7.13. The second-order valence-corrected chi connectivity index (χ2v) is 8.51. The van der Waals surface area contributed by atoms with Crippen LogP contribution < -0.4 is 5.56 Å². The van der Waals surface area contributed by atoms with E-state index in [0.29, 0.717) is 0 Å². The summed E-state index contributed by atoms with van der Waals surface area (Å²) in [7, 11) is 0. The first kappa shape index (κ1) is 14.8. The molecule has 2 aromatic rings. The fourth-order valence-corrected chi connectivity index (χ4v) is 5.85. The molecule has 1 fully saturated rings. The van der Waals surface area contributed by atoms with Gasteiger partial charge in [-0.15, -0.1) is 0 Å². The van der Waals surface area contributed by atoms with E-state index in [2.05, 4.69) is 24.3 Å². The Bertz CT molecular complexity index is 864. The van der Waals surface area contributed by atoms with Gasteiger partial charge in [0.1, 0.15) is 0 Å². The van der Waals surface area contributed by atoms with Crippen molar-refractivity contribution in [3.8, 4) is 11.3 Å². The molecule has 0 unspecified atom stereocenters. The van der Waals surface area contributed by atoms with Crippen molar-refractivity contribution in [2.75, 3.05) is 5.75 Å². The van der Waals surface area contributed by atoms with E-state index in [1.807, 2.05) is 4.57 Å². The third kappa shape index (κ3) is 2.05. The predicted molar refractivity (Wildman–Crippen MR) is 97.7 cm³/mol. The van der Waals surface area contributed by atoms with Crippen LogP contribution in [0.15, 0.2) is 34.2 Å². The highest BCUT2D eigenvalue weighted by Crippen LogP contribution is 2.49. The number of fused-ring (bicyclic) bond motifs is 5. The highest BCUT2D eigenvalue weighted by Gasteiger charge is 2.41. The maximum atomic E-state index is 13.2. The van der Waals surface area contributed by atoms with Gasteiger partial charge in [-0.25, -0.2) is 4.98 Å². The van der Waals surface area contributed by atoms with Crippen molar-refractivity contribution in [2.24, 2.45) is 0 Å². The molecule has 3 aliphatic rings. The minimum absolute atomic E-state index is 0.166. The van der Waals surface area contributed by atoms with E-state index in [1.165, 1.54) is 43.2 Å². The molecule has 0 atom stereocenters. The zero-order chi connectivity index (χ0) is 16.1. The van der Waals surface area contributed by atoms with Gasteiger partial charge in [-0.3, -0.25) is 9.36 Å². The SMILES string of the molecule is O=c1c2c(nc3n1CCCS3)-c1ccccc1C1(CCCCC1)C2. The van der Waals surface area contributed by atoms with Crippen LogP contribution in [-0.4, -0.2) is 15.3 Å². The normalized spacial score (nSPS) is 21.0. The Kier molecular flexibility index (Phi) is 3.37. The fraction of sp³-hybridized carbons (Fsp3) is 0.500. The molecule has 1 aliphatic heterocycles. The minimum atomic E-state index is 0.166. The molecule has 1 spiro atoms. The van der Waals surface area contributed by atoms with Gasteiger partial charge in [0, 0.05) is 28.8 Å².